The molecule has 0 saturated carbocycles. The number of nitrogens with zero attached hydrogens (tertiary/aromatic N) is 3. The van der Waals surface area contributed by atoms with Gasteiger partial charge in [-0.2, -0.15) is 0 Å². The molecule has 0 amide bonds. The van der Waals surface area contributed by atoms with E-state index in [-0.39, 0.29) is 0 Å². The topological polar surface area (TPSA) is 43.3 Å². The van der Waals surface area contributed by atoms with E-state index in [1.807, 2.05) is 59.0 Å². The van der Waals surface area contributed by atoms with Crippen LogP contribution < -0.4 is 0 Å². The largest absolute Gasteiger partial charge is 0.455 e. The van der Waals surface area contributed by atoms with Crippen molar-refractivity contribution in [3.63, 3.8) is 0 Å². The molecule has 0 aliphatic carbocycles. The molecule has 5 heteroatoms. The smallest absolute Gasteiger partial charge is 0.235 e. The van der Waals surface area contributed by atoms with Gasteiger partial charge in [-0.1, -0.05) is 28.1 Å². The molecule has 110 valence electrons. The van der Waals surface area contributed by atoms with Crippen molar-refractivity contribution in [2.75, 3.05) is 0 Å². The molecule has 5 rings (SSSR count). The molecule has 3 heterocycles. The third-order valence-electron chi connectivity index (χ3n) is 3.94. The van der Waals surface area contributed by atoms with Crippen LogP contribution in [0, 0.1) is 0 Å². The lowest BCUT2D eigenvalue weighted by molar-refractivity contribution is 0.627. The maximum Gasteiger partial charge on any atom is 0.235 e. The van der Waals surface area contributed by atoms with Crippen LogP contribution in [-0.2, 0) is 0 Å². The van der Waals surface area contributed by atoms with Crippen LogP contribution in [0.3, 0.4) is 0 Å². The molecule has 0 radical (unpaired) electrons. The van der Waals surface area contributed by atoms with Crippen LogP contribution in [0.25, 0.3) is 39.2 Å². The van der Waals surface area contributed by atoms with E-state index in [1.165, 1.54) is 0 Å². The van der Waals surface area contributed by atoms with Gasteiger partial charge in [0.2, 0.25) is 5.78 Å². The summed E-state index contributed by atoms with van der Waals surface area (Å²) >= 11 is 3.50. The van der Waals surface area contributed by atoms with Crippen molar-refractivity contribution in [2.24, 2.45) is 0 Å². The highest BCUT2D eigenvalue weighted by Gasteiger charge is 2.13. The summed E-state index contributed by atoms with van der Waals surface area (Å²) in [7, 11) is 0. The summed E-state index contributed by atoms with van der Waals surface area (Å²) in [4.78, 5) is 8.95. The number of halogens is 1. The van der Waals surface area contributed by atoms with Gasteiger partial charge in [0.1, 0.15) is 5.58 Å². The zero-order chi connectivity index (χ0) is 15.4. The van der Waals surface area contributed by atoms with Gasteiger partial charge < -0.3 is 4.42 Å². The van der Waals surface area contributed by atoms with Gasteiger partial charge in [-0.3, -0.25) is 4.40 Å². The van der Waals surface area contributed by atoms with Crippen molar-refractivity contribution in [1.29, 1.82) is 0 Å². The Morgan fingerprint density at radius 2 is 1.91 bits per heavy atom. The molecule has 23 heavy (non-hydrogen) atoms. The molecular formula is C18H10BrN3O. The Balaban J connectivity index is 1.87. The monoisotopic (exact) mass is 363 g/mol. The summed E-state index contributed by atoms with van der Waals surface area (Å²) in [5.74, 6) is 1.47. The minimum atomic E-state index is 0.672. The normalized spacial score (nSPS) is 11.7. The fourth-order valence-corrected chi connectivity index (χ4v) is 3.30. The van der Waals surface area contributed by atoms with Gasteiger partial charge in [0.25, 0.3) is 0 Å². The van der Waals surface area contributed by atoms with Gasteiger partial charge in [0.15, 0.2) is 5.76 Å². The number of para-hydroxylation sites is 2. The van der Waals surface area contributed by atoms with Crippen molar-refractivity contribution in [3.05, 3.63) is 65.3 Å². The summed E-state index contributed by atoms with van der Waals surface area (Å²) in [6.45, 7) is 0. The molecule has 0 atom stereocenters. The van der Waals surface area contributed by atoms with E-state index < -0.39 is 0 Å². The van der Waals surface area contributed by atoms with Gasteiger partial charge in [-0.05, 0) is 42.5 Å². The molecule has 0 aliphatic rings. The van der Waals surface area contributed by atoms with E-state index in [0.717, 1.165) is 37.9 Å². The van der Waals surface area contributed by atoms with E-state index >= 15 is 0 Å². The lowest BCUT2D eigenvalue weighted by Gasteiger charge is -2.02. The Kier molecular flexibility index (Phi) is 2.60. The number of aromatic nitrogens is 3. The second kappa shape index (κ2) is 4.67. The van der Waals surface area contributed by atoms with Gasteiger partial charge in [0.05, 0.1) is 16.7 Å². The molecule has 0 saturated heterocycles. The summed E-state index contributed by atoms with van der Waals surface area (Å²) in [5.41, 5.74) is 3.74. The van der Waals surface area contributed by atoms with Gasteiger partial charge in [-0.15, -0.1) is 0 Å². The van der Waals surface area contributed by atoms with E-state index in [0.29, 0.717) is 5.78 Å². The van der Waals surface area contributed by atoms with Crippen LogP contribution in [0.5, 0.6) is 0 Å². The number of furan rings is 1. The first kappa shape index (κ1) is 12.8. The maximum atomic E-state index is 6.04. The van der Waals surface area contributed by atoms with Crippen molar-refractivity contribution in [1.82, 2.24) is 14.4 Å². The van der Waals surface area contributed by atoms with E-state index in [1.54, 1.807) is 6.20 Å². The van der Waals surface area contributed by atoms with Gasteiger partial charge in [-0.25, -0.2) is 9.97 Å². The summed E-state index contributed by atoms with van der Waals surface area (Å²) < 4.78 is 9.10. The number of fused-ring (bicyclic) bond motifs is 4. The van der Waals surface area contributed by atoms with Crippen LogP contribution in [-0.4, -0.2) is 14.4 Å². The summed E-state index contributed by atoms with van der Waals surface area (Å²) in [6, 6.07) is 18.0. The lowest BCUT2D eigenvalue weighted by Crippen LogP contribution is -1.92. The highest BCUT2D eigenvalue weighted by Crippen LogP contribution is 2.31. The molecule has 0 aliphatic heterocycles. The molecule has 4 nitrogen and oxygen atoms in total. The quantitative estimate of drug-likeness (QED) is 0.418. The zero-order valence-electron chi connectivity index (χ0n) is 11.9. The zero-order valence-corrected chi connectivity index (χ0v) is 13.5. The highest BCUT2D eigenvalue weighted by atomic mass is 79.9. The average molecular weight is 364 g/mol. The predicted molar refractivity (Wildman–Crippen MR) is 93.4 cm³/mol. The molecule has 0 unspecified atom stereocenters. The minimum Gasteiger partial charge on any atom is -0.455 e. The first-order valence-corrected chi connectivity index (χ1v) is 8.00. The molecule has 2 aromatic carbocycles. The molecule has 0 bridgehead atoms. The maximum absolute atomic E-state index is 6.04. The number of hydrogen-bond acceptors (Lipinski definition) is 3. The van der Waals surface area contributed by atoms with Crippen LogP contribution in [0.2, 0.25) is 0 Å². The Bertz CT molecular complexity index is 1190. The summed E-state index contributed by atoms with van der Waals surface area (Å²) in [5, 5.41) is 1.06. The van der Waals surface area contributed by atoms with Crippen molar-refractivity contribution < 1.29 is 4.42 Å². The number of hydrogen-bond donors (Lipinski definition) is 0. The first-order chi connectivity index (χ1) is 11.3. The molecule has 3 aromatic heterocycles. The standard InChI is InChI=1S/C18H10BrN3O/c19-12-5-6-16-11(9-12)10-17(23-16)15-7-8-20-18-21-13-3-1-2-4-14(13)22(15)18/h1-10H. The first-order valence-electron chi connectivity index (χ1n) is 7.21. The molecule has 5 aromatic rings. The van der Waals surface area contributed by atoms with Crippen molar-refractivity contribution in [2.45, 2.75) is 0 Å². The fourth-order valence-electron chi connectivity index (χ4n) is 2.92. The van der Waals surface area contributed by atoms with E-state index in [2.05, 4.69) is 25.9 Å². The van der Waals surface area contributed by atoms with Crippen molar-refractivity contribution in [3.8, 4) is 11.5 Å². The highest BCUT2D eigenvalue weighted by molar-refractivity contribution is 9.10. The Morgan fingerprint density at radius 1 is 1.00 bits per heavy atom. The second-order valence-electron chi connectivity index (χ2n) is 5.36. The second-order valence-corrected chi connectivity index (χ2v) is 6.27. The Labute approximate surface area is 139 Å². The van der Waals surface area contributed by atoms with Crippen LogP contribution in [0.1, 0.15) is 0 Å². The van der Waals surface area contributed by atoms with Crippen LogP contribution >= 0.6 is 15.9 Å². The third-order valence-corrected chi connectivity index (χ3v) is 4.43. The molecule has 0 spiro atoms. The molecule has 0 fully saturated rings. The Morgan fingerprint density at radius 3 is 2.87 bits per heavy atom. The van der Waals surface area contributed by atoms with E-state index in [9.17, 15) is 0 Å². The minimum absolute atomic E-state index is 0.672. The van der Waals surface area contributed by atoms with E-state index in [4.69, 9.17) is 4.42 Å². The van der Waals surface area contributed by atoms with Crippen LogP contribution in [0.4, 0.5) is 0 Å². The average Bonchev–Trinajstić information content (AvgIpc) is 3.14. The number of benzene rings is 2. The number of rotatable bonds is 1. The SMILES string of the molecule is Brc1ccc2oc(-c3ccnc4nc5ccccc5n34)cc2c1. The lowest BCUT2D eigenvalue weighted by atomic mass is 10.2. The number of imidazole rings is 1. The predicted octanol–water partition coefficient (Wildman–Crippen LogP) is 5.06. The van der Waals surface area contributed by atoms with Crippen molar-refractivity contribution >= 4 is 43.7 Å². The van der Waals surface area contributed by atoms with Gasteiger partial charge in [0, 0.05) is 16.1 Å². The molecule has 0 N–H and O–H groups in total. The third kappa shape index (κ3) is 1.90. The summed E-state index contributed by atoms with van der Waals surface area (Å²) in [6.07, 6.45) is 1.76. The molecular weight excluding hydrogens is 354 g/mol. The fraction of sp³-hybridized carbons (Fsp3) is 0. The van der Waals surface area contributed by atoms with Crippen LogP contribution in [0.15, 0.2) is 69.7 Å². The Hall–Kier alpha value is -2.66. The van der Waals surface area contributed by atoms with Gasteiger partial charge >= 0.3 is 0 Å².